The molecular weight excluding hydrogens is 456 g/mol. The molecule has 4 rings (SSSR count). The number of benzene rings is 2. The van der Waals surface area contributed by atoms with E-state index < -0.39 is 5.54 Å². The van der Waals surface area contributed by atoms with Crippen LogP contribution in [0.3, 0.4) is 0 Å². The molecule has 1 heterocycles. The number of pyridine rings is 1. The number of carbonyl (C=O) groups is 2. The van der Waals surface area contributed by atoms with Crippen molar-refractivity contribution >= 4 is 17.3 Å². The Morgan fingerprint density at radius 1 is 0.892 bits per heavy atom. The molecule has 0 saturated carbocycles. The van der Waals surface area contributed by atoms with E-state index in [1.807, 2.05) is 92.7 Å². The van der Waals surface area contributed by atoms with Gasteiger partial charge in [0.2, 0.25) is 0 Å². The molecule has 37 heavy (non-hydrogen) atoms. The minimum Gasteiger partial charge on any atom is -0.341 e. The first-order valence-electron chi connectivity index (χ1n) is 13.0. The minimum absolute atomic E-state index is 0.0485. The SMILES string of the molecule is CC(C)c1cccc(C(C)C)c1C(=O)NC(C)(C)c1nc(-c2ccccc2)ccc1C1=CC=CCC1=O. The van der Waals surface area contributed by atoms with Crippen molar-refractivity contribution in [1.82, 2.24) is 10.3 Å². The van der Waals surface area contributed by atoms with Gasteiger partial charge in [0, 0.05) is 28.7 Å². The van der Waals surface area contributed by atoms with Gasteiger partial charge in [0.15, 0.2) is 5.78 Å². The number of amides is 1. The van der Waals surface area contributed by atoms with Crippen molar-refractivity contribution in [3.8, 4) is 11.3 Å². The van der Waals surface area contributed by atoms with Gasteiger partial charge in [-0.05, 0) is 42.9 Å². The third-order valence-electron chi connectivity index (χ3n) is 6.88. The number of hydrogen-bond donors (Lipinski definition) is 1. The summed E-state index contributed by atoms with van der Waals surface area (Å²) in [6.45, 7) is 12.4. The number of rotatable bonds is 7. The Morgan fingerprint density at radius 3 is 2.14 bits per heavy atom. The topological polar surface area (TPSA) is 59.1 Å². The summed E-state index contributed by atoms with van der Waals surface area (Å²) in [6, 6.07) is 20.0. The molecule has 1 N–H and O–H groups in total. The Hall–Kier alpha value is -3.79. The molecule has 4 heteroatoms. The van der Waals surface area contributed by atoms with E-state index in [1.54, 1.807) is 0 Å². The second kappa shape index (κ2) is 10.7. The molecule has 0 saturated heterocycles. The van der Waals surface area contributed by atoms with Crippen LogP contribution in [0.15, 0.2) is 78.9 Å². The maximum absolute atomic E-state index is 14.0. The smallest absolute Gasteiger partial charge is 0.252 e. The predicted octanol–water partition coefficient (Wildman–Crippen LogP) is 7.57. The molecule has 0 unspecified atom stereocenters. The van der Waals surface area contributed by atoms with E-state index in [4.69, 9.17) is 4.98 Å². The Balaban J connectivity index is 1.84. The van der Waals surface area contributed by atoms with Crippen LogP contribution in [0.2, 0.25) is 0 Å². The summed E-state index contributed by atoms with van der Waals surface area (Å²) in [7, 11) is 0. The Labute approximate surface area is 220 Å². The van der Waals surface area contributed by atoms with Crippen molar-refractivity contribution in [3.05, 3.63) is 107 Å². The van der Waals surface area contributed by atoms with Crippen molar-refractivity contribution < 1.29 is 9.59 Å². The van der Waals surface area contributed by atoms with Crippen molar-refractivity contribution in [1.29, 1.82) is 0 Å². The van der Waals surface area contributed by atoms with E-state index in [0.29, 0.717) is 17.7 Å². The zero-order valence-corrected chi connectivity index (χ0v) is 22.6. The highest BCUT2D eigenvalue weighted by molar-refractivity contribution is 6.22. The summed E-state index contributed by atoms with van der Waals surface area (Å²) in [6.07, 6.45) is 5.97. The first-order chi connectivity index (χ1) is 17.6. The second-order valence-electron chi connectivity index (χ2n) is 10.8. The zero-order valence-electron chi connectivity index (χ0n) is 22.6. The van der Waals surface area contributed by atoms with Crippen molar-refractivity contribution in [3.63, 3.8) is 0 Å². The lowest BCUT2D eigenvalue weighted by atomic mass is 9.85. The fraction of sp³-hybridized carbons (Fsp3) is 0.303. The van der Waals surface area contributed by atoms with Crippen LogP contribution in [0.4, 0.5) is 0 Å². The molecule has 1 aliphatic carbocycles. The maximum Gasteiger partial charge on any atom is 0.252 e. The molecule has 3 aromatic rings. The monoisotopic (exact) mass is 492 g/mol. The molecule has 0 bridgehead atoms. The fourth-order valence-corrected chi connectivity index (χ4v) is 4.92. The van der Waals surface area contributed by atoms with Gasteiger partial charge in [-0.15, -0.1) is 0 Å². The summed E-state index contributed by atoms with van der Waals surface area (Å²) >= 11 is 0. The highest BCUT2D eigenvalue weighted by Gasteiger charge is 2.32. The molecule has 1 aromatic heterocycles. The molecular formula is C33H36N2O2. The van der Waals surface area contributed by atoms with E-state index in [2.05, 4.69) is 33.0 Å². The summed E-state index contributed by atoms with van der Waals surface area (Å²) in [5.74, 6) is 0.330. The Morgan fingerprint density at radius 2 is 1.54 bits per heavy atom. The van der Waals surface area contributed by atoms with Gasteiger partial charge in [0.25, 0.3) is 5.91 Å². The number of Topliss-reactive ketones (excluding diaryl/α,β-unsaturated/α-hetero) is 1. The first kappa shape index (κ1) is 26.3. The predicted molar refractivity (Wildman–Crippen MR) is 152 cm³/mol. The number of aromatic nitrogens is 1. The average molecular weight is 493 g/mol. The van der Waals surface area contributed by atoms with Crippen molar-refractivity contribution in [2.45, 2.75) is 65.3 Å². The van der Waals surface area contributed by atoms with Crippen LogP contribution < -0.4 is 5.32 Å². The fourth-order valence-electron chi connectivity index (χ4n) is 4.92. The molecule has 0 spiro atoms. The van der Waals surface area contributed by atoms with E-state index in [9.17, 15) is 9.59 Å². The number of allylic oxidation sites excluding steroid dienone is 4. The van der Waals surface area contributed by atoms with Gasteiger partial charge in [-0.2, -0.15) is 0 Å². The molecule has 4 nitrogen and oxygen atoms in total. The number of hydrogen-bond acceptors (Lipinski definition) is 3. The van der Waals surface area contributed by atoms with Gasteiger partial charge in [-0.1, -0.05) is 101 Å². The molecule has 1 amide bonds. The number of ketones is 1. The zero-order chi connectivity index (χ0) is 26.7. The molecule has 2 aromatic carbocycles. The standard InChI is InChI=1S/C33H36N2O2/c1-21(2)24-16-12-17-25(22(3)4)30(24)32(37)35-33(5,6)31-27(26-15-10-11-18-29(26)36)19-20-28(34-31)23-13-8-7-9-14-23/h7-17,19-22H,18H2,1-6H3,(H,35,37). The summed E-state index contributed by atoms with van der Waals surface area (Å²) < 4.78 is 0. The number of nitrogens with zero attached hydrogens (tertiary/aromatic N) is 1. The second-order valence-corrected chi connectivity index (χ2v) is 10.8. The molecule has 0 atom stereocenters. The third-order valence-corrected chi connectivity index (χ3v) is 6.88. The molecule has 0 aliphatic heterocycles. The quantitative estimate of drug-likeness (QED) is 0.370. The van der Waals surface area contributed by atoms with Crippen LogP contribution in [-0.4, -0.2) is 16.7 Å². The number of carbonyl (C=O) groups excluding carboxylic acids is 2. The first-order valence-corrected chi connectivity index (χ1v) is 13.0. The molecule has 0 radical (unpaired) electrons. The average Bonchev–Trinajstić information content (AvgIpc) is 2.88. The van der Waals surface area contributed by atoms with E-state index in [-0.39, 0.29) is 23.5 Å². The molecule has 190 valence electrons. The maximum atomic E-state index is 14.0. The van der Waals surface area contributed by atoms with E-state index >= 15 is 0 Å². The van der Waals surface area contributed by atoms with Crippen LogP contribution in [0.1, 0.15) is 92.5 Å². The van der Waals surface area contributed by atoms with Crippen molar-refractivity contribution in [2.75, 3.05) is 0 Å². The minimum atomic E-state index is -0.849. The molecule has 0 fully saturated rings. The van der Waals surface area contributed by atoms with Crippen LogP contribution in [-0.2, 0) is 10.3 Å². The summed E-state index contributed by atoms with van der Waals surface area (Å²) in [4.78, 5) is 31.9. The van der Waals surface area contributed by atoms with Crippen LogP contribution >= 0.6 is 0 Å². The third kappa shape index (κ3) is 5.48. The largest absolute Gasteiger partial charge is 0.341 e. The van der Waals surface area contributed by atoms with E-state index in [1.165, 1.54) is 0 Å². The highest BCUT2D eigenvalue weighted by atomic mass is 16.2. The van der Waals surface area contributed by atoms with Gasteiger partial charge in [-0.25, -0.2) is 4.98 Å². The normalized spacial score (nSPS) is 13.7. The lowest BCUT2D eigenvalue weighted by molar-refractivity contribution is -0.113. The van der Waals surface area contributed by atoms with Gasteiger partial charge in [0.05, 0.1) is 16.9 Å². The van der Waals surface area contributed by atoms with Crippen LogP contribution in [0.25, 0.3) is 16.8 Å². The summed E-state index contributed by atoms with van der Waals surface area (Å²) in [5.41, 5.74) is 5.76. The lowest BCUT2D eigenvalue weighted by Gasteiger charge is -2.30. The Kier molecular flexibility index (Phi) is 7.58. The van der Waals surface area contributed by atoms with Crippen molar-refractivity contribution in [2.24, 2.45) is 0 Å². The van der Waals surface area contributed by atoms with Gasteiger partial charge in [-0.3, -0.25) is 9.59 Å². The Bertz CT molecular complexity index is 1350. The van der Waals surface area contributed by atoms with Crippen LogP contribution in [0, 0.1) is 0 Å². The van der Waals surface area contributed by atoms with Gasteiger partial charge in [0.1, 0.15) is 0 Å². The van der Waals surface area contributed by atoms with Crippen LogP contribution in [0.5, 0.6) is 0 Å². The van der Waals surface area contributed by atoms with E-state index in [0.717, 1.165) is 33.5 Å². The van der Waals surface area contributed by atoms with Gasteiger partial charge < -0.3 is 5.32 Å². The van der Waals surface area contributed by atoms with Gasteiger partial charge >= 0.3 is 0 Å². The highest BCUT2D eigenvalue weighted by Crippen LogP contribution is 2.34. The lowest BCUT2D eigenvalue weighted by Crippen LogP contribution is -2.43. The summed E-state index contributed by atoms with van der Waals surface area (Å²) in [5, 5.41) is 3.29. The molecule has 1 aliphatic rings. The number of nitrogens with one attached hydrogen (secondary N) is 1.